The molecular weight excluding hydrogens is 330 g/mol. The van der Waals surface area contributed by atoms with Crippen LogP contribution in [0.2, 0.25) is 5.02 Å². The zero-order valence-electron chi connectivity index (χ0n) is 13.2. The Kier molecular flexibility index (Phi) is 4.00. The number of nitrogens with one attached hydrogen (secondary N) is 2. The molecular formula is C17H20ClN3O3. The van der Waals surface area contributed by atoms with Crippen molar-refractivity contribution in [3.05, 3.63) is 35.0 Å². The Morgan fingerprint density at radius 1 is 1.33 bits per heavy atom. The normalized spacial score (nSPS) is 26.1. The molecule has 6 nitrogen and oxygen atoms in total. The molecule has 4 rings (SSSR count). The fourth-order valence-corrected chi connectivity index (χ4v) is 3.78. The first-order valence-corrected chi connectivity index (χ1v) is 8.55. The quantitative estimate of drug-likeness (QED) is 0.775. The summed E-state index contributed by atoms with van der Waals surface area (Å²) >= 11 is 5.99. The molecule has 2 aliphatic rings. The molecule has 2 aromatic rings. The van der Waals surface area contributed by atoms with Crippen molar-refractivity contribution in [2.24, 2.45) is 5.73 Å². The summed E-state index contributed by atoms with van der Waals surface area (Å²) in [6, 6.07) is 7.00. The summed E-state index contributed by atoms with van der Waals surface area (Å²) < 4.78 is 11.4. The third-order valence-corrected chi connectivity index (χ3v) is 5.09. The molecule has 1 saturated carbocycles. The van der Waals surface area contributed by atoms with E-state index in [0.29, 0.717) is 30.4 Å². The van der Waals surface area contributed by atoms with Gasteiger partial charge in [-0.1, -0.05) is 11.6 Å². The molecule has 1 aromatic heterocycles. The summed E-state index contributed by atoms with van der Waals surface area (Å²) in [6.45, 7) is 1.22. The lowest BCUT2D eigenvalue weighted by Gasteiger charge is -2.39. The highest BCUT2D eigenvalue weighted by molar-refractivity contribution is 6.31. The van der Waals surface area contributed by atoms with Crippen LogP contribution in [0.5, 0.6) is 0 Å². The van der Waals surface area contributed by atoms with Gasteiger partial charge in [-0.3, -0.25) is 4.79 Å². The monoisotopic (exact) mass is 349 g/mol. The van der Waals surface area contributed by atoms with Crippen LogP contribution in [0.4, 0.5) is 0 Å². The molecule has 0 unspecified atom stereocenters. The maximum atomic E-state index is 12.5. The highest BCUT2D eigenvalue weighted by atomic mass is 35.5. The number of benzene rings is 1. The van der Waals surface area contributed by atoms with E-state index in [4.69, 9.17) is 26.8 Å². The fraction of sp³-hybridized carbons (Fsp3) is 0.471. The average Bonchev–Trinajstić information content (AvgIpc) is 3.17. The number of carbonyl (C=O) groups excluding carboxylic acids is 1. The number of ether oxygens (including phenoxy) is 2. The molecule has 1 aliphatic heterocycles. The maximum Gasteiger partial charge on any atom is 0.268 e. The smallest absolute Gasteiger partial charge is 0.268 e. The van der Waals surface area contributed by atoms with Crippen LogP contribution in [0.1, 0.15) is 29.8 Å². The van der Waals surface area contributed by atoms with Crippen LogP contribution in [-0.4, -0.2) is 42.0 Å². The Hall–Kier alpha value is -1.60. The molecule has 1 amide bonds. The Labute approximate surface area is 144 Å². The van der Waals surface area contributed by atoms with Gasteiger partial charge in [0.05, 0.1) is 13.2 Å². The lowest BCUT2D eigenvalue weighted by Crippen LogP contribution is -2.56. The van der Waals surface area contributed by atoms with Gasteiger partial charge < -0.3 is 25.5 Å². The lowest BCUT2D eigenvalue weighted by molar-refractivity contribution is -0.182. The summed E-state index contributed by atoms with van der Waals surface area (Å²) in [6.07, 6.45) is 2.08. The van der Waals surface area contributed by atoms with E-state index in [-0.39, 0.29) is 18.0 Å². The average molecular weight is 350 g/mol. The van der Waals surface area contributed by atoms with Gasteiger partial charge in [-0.2, -0.15) is 0 Å². The fourth-order valence-electron chi connectivity index (χ4n) is 3.60. The third-order valence-electron chi connectivity index (χ3n) is 4.86. The first-order valence-electron chi connectivity index (χ1n) is 8.17. The van der Waals surface area contributed by atoms with E-state index in [1.807, 2.05) is 12.1 Å². The topological polar surface area (TPSA) is 89.4 Å². The first kappa shape index (κ1) is 15.9. The summed E-state index contributed by atoms with van der Waals surface area (Å²) in [7, 11) is 0. The number of aromatic nitrogens is 1. The minimum atomic E-state index is -0.543. The zero-order valence-corrected chi connectivity index (χ0v) is 13.9. The lowest BCUT2D eigenvalue weighted by atomic mass is 9.86. The van der Waals surface area contributed by atoms with Crippen LogP contribution in [0.3, 0.4) is 0 Å². The van der Waals surface area contributed by atoms with E-state index in [1.165, 1.54) is 0 Å². The number of carbonyl (C=O) groups is 1. The Morgan fingerprint density at radius 3 is 2.88 bits per heavy atom. The predicted molar refractivity (Wildman–Crippen MR) is 91.0 cm³/mol. The largest absolute Gasteiger partial charge is 0.351 e. The zero-order chi connectivity index (χ0) is 16.7. The van der Waals surface area contributed by atoms with Crippen molar-refractivity contribution < 1.29 is 14.3 Å². The molecule has 7 heteroatoms. The molecule has 128 valence electrons. The molecule has 1 aliphatic carbocycles. The molecule has 2 heterocycles. The minimum Gasteiger partial charge on any atom is -0.351 e. The summed E-state index contributed by atoms with van der Waals surface area (Å²) in [5.74, 6) is -0.703. The molecule has 4 N–H and O–H groups in total. The van der Waals surface area contributed by atoms with Crippen LogP contribution in [0.25, 0.3) is 10.9 Å². The summed E-state index contributed by atoms with van der Waals surface area (Å²) in [4.78, 5) is 15.6. The van der Waals surface area contributed by atoms with Crippen molar-refractivity contribution in [1.82, 2.24) is 10.3 Å². The molecule has 1 saturated heterocycles. The van der Waals surface area contributed by atoms with Crippen LogP contribution in [0.15, 0.2) is 24.3 Å². The van der Waals surface area contributed by atoms with Crippen molar-refractivity contribution in [2.75, 3.05) is 13.2 Å². The minimum absolute atomic E-state index is 0.0917. The number of nitrogens with two attached hydrogens (primary N) is 1. The SMILES string of the molecule is N[C@@H]1CC2(CC[C@@H]1NC(=O)c1cc3cc(Cl)ccc3[nH]1)OCCO2. The number of H-pyrrole nitrogens is 1. The molecule has 0 radical (unpaired) electrons. The van der Waals surface area contributed by atoms with E-state index >= 15 is 0 Å². The standard InChI is InChI=1S/C17H20ClN3O3/c18-11-1-2-13-10(7-11)8-15(20-13)16(22)21-14-3-4-17(9-12(14)19)23-5-6-24-17/h1-2,7-8,12,14,20H,3-6,9,19H2,(H,21,22)/t12-,14+/m1/s1. The predicted octanol–water partition coefficient (Wildman–Crippen LogP) is 2.17. The van der Waals surface area contributed by atoms with Gasteiger partial charge in [-0.15, -0.1) is 0 Å². The number of fused-ring (bicyclic) bond motifs is 1. The number of hydrogen-bond donors (Lipinski definition) is 3. The van der Waals surface area contributed by atoms with Gasteiger partial charge >= 0.3 is 0 Å². The second-order valence-electron chi connectivity index (χ2n) is 6.51. The van der Waals surface area contributed by atoms with Gasteiger partial charge in [0.2, 0.25) is 0 Å². The van der Waals surface area contributed by atoms with E-state index in [1.54, 1.807) is 12.1 Å². The first-order chi connectivity index (χ1) is 11.5. The highest BCUT2D eigenvalue weighted by Gasteiger charge is 2.44. The number of hydrogen-bond acceptors (Lipinski definition) is 4. The Balaban J connectivity index is 1.45. The van der Waals surface area contributed by atoms with Crippen molar-refractivity contribution in [3.8, 4) is 0 Å². The van der Waals surface area contributed by atoms with E-state index in [2.05, 4.69) is 10.3 Å². The second kappa shape index (κ2) is 6.04. The third kappa shape index (κ3) is 2.91. The molecule has 1 aromatic carbocycles. The Bertz CT molecular complexity index is 770. The Morgan fingerprint density at radius 2 is 2.12 bits per heavy atom. The number of amides is 1. The summed E-state index contributed by atoms with van der Waals surface area (Å²) in [5, 5.41) is 4.58. The van der Waals surface area contributed by atoms with Crippen LogP contribution in [0, 0.1) is 0 Å². The van der Waals surface area contributed by atoms with Crippen LogP contribution < -0.4 is 11.1 Å². The number of halogens is 1. The molecule has 2 fully saturated rings. The van der Waals surface area contributed by atoms with E-state index < -0.39 is 5.79 Å². The van der Waals surface area contributed by atoms with Crippen molar-refractivity contribution in [2.45, 2.75) is 37.1 Å². The molecule has 1 spiro atoms. The summed E-state index contributed by atoms with van der Waals surface area (Å²) in [5.41, 5.74) is 7.64. The van der Waals surface area contributed by atoms with Crippen molar-refractivity contribution >= 4 is 28.4 Å². The highest BCUT2D eigenvalue weighted by Crippen LogP contribution is 2.35. The second-order valence-corrected chi connectivity index (χ2v) is 6.95. The van der Waals surface area contributed by atoms with Gasteiger partial charge in [0.1, 0.15) is 5.69 Å². The molecule has 24 heavy (non-hydrogen) atoms. The number of rotatable bonds is 2. The number of aromatic amines is 1. The molecule has 0 bridgehead atoms. The van der Waals surface area contributed by atoms with Crippen LogP contribution >= 0.6 is 11.6 Å². The van der Waals surface area contributed by atoms with Gasteiger partial charge in [0.15, 0.2) is 5.79 Å². The van der Waals surface area contributed by atoms with Gasteiger partial charge in [-0.05, 0) is 30.7 Å². The van der Waals surface area contributed by atoms with Crippen molar-refractivity contribution in [3.63, 3.8) is 0 Å². The van der Waals surface area contributed by atoms with Gasteiger partial charge in [0, 0.05) is 40.9 Å². The molecule has 2 atom stereocenters. The van der Waals surface area contributed by atoms with Crippen LogP contribution in [-0.2, 0) is 9.47 Å². The van der Waals surface area contributed by atoms with Gasteiger partial charge in [-0.25, -0.2) is 0 Å². The van der Waals surface area contributed by atoms with Crippen molar-refractivity contribution in [1.29, 1.82) is 0 Å². The van der Waals surface area contributed by atoms with Gasteiger partial charge in [0.25, 0.3) is 5.91 Å². The van der Waals surface area contributed by atoms with E-state index in [0.717, 1.165) is 23.7 Å². The van der Waals surface area contributed by atoms with E-state index in [9.17, 15) is 4.79 Å². The maximum absolute atomic E-state index is 12.5.